The van der Waals surface area contributed by atoms with Gasteiger partial charge in [-0.15, -0.1) is 11.3 Å². The van der Waals surface area contributed by atoms with Gasteiger partial charge in [0.25, 0.3) is 5.91 Å². The predicted molar refractivity (Wildman–Crippen MR) is 86.3 cm³/mol. The van der Waals surface area contributed by atoms with Crippen molar-refractivity contribution in [2.24, 2.45) is 0 Å². The standard InChI is InChI=1S/C16H19NO4S/c1-10(14-6-5-7-22-14)17-16(18)11-8-12(19-2)15(21-4)13(9-11)20-3/h5-10H,1-4H3,(H,17,18)/t10-/m1/s1. The maximum atomic E-state index is 12.4. The third kappa shape index (κ3) is 3.33. The third-order valence-corrected chi connectivity index (χ3v) is 4.30. The molecule has 1 amide bonds. The van der Waals surface area contributed by atoms with E-state index in [2.05, 4.69) is 5.32 Å². The third-order valence-electron chi connectivity index (χ3n) is 3.24. The van der Waals surface area contributed by atoms with Gasteiger partial charge >= 0.3 is 0 Å². The van der Waals surface area contributed by atoms with Crippen LogP contribution in [0.1, 0.15) is 28.2 Å². The van der Waals surface area contributed by atoms with E-state index in [-0.39, 0.29) is 11.9 Å². The number of nitrogens with one attached hydrogen (secondary N) is 1. The summed E-state index contributed by atoms with van der Waals surface area (Å²) in [6.07, 6.45) is 0. The van der Waals surface area contributed by atoms with Gasteiger partial charge in [0.2, 0.25) is 5.75 Å². The van der Waals surface area contributed by atoms with Gasteiger partial charge in [-0.1, -0.05) is 6.07 Å². The Morgan fingerprint density at radius 3 is 2.23 bits per heavy atom. The lowest BCUT2D eigenvalue weighted by atomic mass is 10.1. The van der Waals surface area contributed by atoms with Crippen LogP contribution in [-0.2, 0) is 0 Å². The van der Waals surface area contributed by atoms with E-state index < -0.39 is 0 Å². The number of carbonyl (C=O) groups excluding carboxylic acids is 1. The van der Waals surface area contributed by atoms with Gasteiger partial charge in [0.1, 0.15) is 0 Å². The van der Waals surface area contributed by atoms with Crippen molar-refractivity contribution in [1.29, 1.82) is 0 Å². The molecule has 1 heterocycles. The molecule has 0 saturated heterocycles. The zero-order chi connectivity index (χ0) is 16.1. The summed E-state index contributed by atoms with van der Waals surface area (Å²) in [5.74, 6) is 1.18. The normalized spacial score (nSPS) is 11.6. The minimum Gasteiger partial charge on any atom is -0.493 e. The maximum absolute atomic E-state index is 12.4. The molecule has 0 aliphatic heterocycles. The first-order valence-corrected chi connectivity index (χ1v) is 7.63. The van der Waals surface area contributed by atoms with E-state index in [9.17, 15) is 4.79 Å². The zero-order valence-electron chi connectivity index (χ0n) is 13.0. The van der Waals surface area contributed by atoms with Gasteiger partial charge in [-0.2, -0.15) is 0 Å². The zero-order valence-corrected chi connectivity index (χ0v) is 13.8. The summed E-state index contributed by atoms with van der Waals surface area (Å²) < 4.78 is 15.8. The maximum Gasteiger partial charge on any atom is 0.252 e. The van der Waals surface area contributed by atoms with Crippen LogP contribution in [-0.4, -0.2) is 27.2 Å². The number of methoxy groups -OCH3 is 3. The summed E-state index contributed by atoms with van der Waals surface area (Å²) in [5.41, 5.74) is 0.456. The average molecular weight is 321 g/mol. The largest absolute Gasteiger partial charge is 0.493 e. The van der Waals surface area contributed by atoms with Crippen LogP contribution in [0, 0.1) is 0 Å². The fourth-order valence-corrected chi connectivity index (χ4v) is 2.84. The smallest absolute Gasteiger partial charge is 0.252 e. The van der Waals surface area contributed by atoms with E-state index in [1.807, 2.05) is 24.4 Å². The van der Waals surface area contributed by atoms with Crippen molar-refractivity contribution in [2.45, 2.75) is 13.0 Å². The van der Waals surface area contributed by atoms with E-state index in [1.165, 1.54) is 21.3 Å². The van der Waals surface area contributed by atoms with Gasteiger partial charge in [-0.3, -0.25) is 4.79 Å². The lowest BCUT2D eigenvalue weighted by Gasteiger charge is -2.16. The summed E-state index contributed by atoms with van der Waals surface area (Å²) in [4.78, 5) is 13.5. The van der Waals surface area contributed by atoms with Crippen LogP contribution < -0.4 is 19.5 Å². The lowest BCUT2D eigenvalue weighted by molar-refractivity contribution is 0.0939. The molecule has 1 aromatic heterocycles. The lowest BCUT2D eigenvalue weighted by Crippen LogP contribution is -2.26. The van der Waals surface area contributed by atoms with Crippen LogP contribution in [0.15, 0.2) is 29.6 Å². The van der Waals surface area contributed by atoms with Crippen molar-refractivity contribution in [1.82, 2.24) is 5.32 Å². The highest BCUT2D eigenvalue weighted by molar-refractivity contribution is 7.10. The summed E-state index contributed by atoms with van der Waals surface area (Å²) >= 11 is 1.61. The molecule has 0 aliphatic carbocycles. The average Bonchev–Trinajstić information content (AvgIpc) is 3.07. The second-order valence-corrected chi connectivity index (χ2v) is 5.60. The molecule has 1 atom stereocenters. The van der Waals surface area contributed by atoms with Gasteiger partial charge in [0.05, 0.1) is 27.4 Å². The number of benzene rings is 1. The molecule has 1 N–H and O–H groups in total. The molecule has 0 aliphatic rings. The van der Waals surface area contributed by atoms with E-state index in [1.54, 1.807) is 23.5 Å². The van der Waals surface area contributed by atoms with E-state index in [0.717, 1.165) is 4.88 Å². The first-order valence-electron chi connectivity index (χ1n) is 6.75. The molecular formula is C16H19NO4S. The van der Waals surface area contributed by atoms with Gasteiger partial charge in [0, 0.05) is 10.4 Å². The van der Waals surface area contributed by atoms with E-state index in [4.69, 9.17) is 14.2 Å². The highest BCUT2D eigenvalue weighted by Crippen LogP contribution is 2.38. The summed E-state index contributed by atoms with van der Waals surface area (Å²) in [7, 11) is 4.57. The number of rotatable bonds is 6. The van der Waals surface area contributed by atoms with Crippen molar-refractivity contribution in [2.75, 3.05) is 21.3 Å². The minimum absolute atomic E-state index is 0.0633. The monoisotopic (exact) mass is 321 g/mol. The van der Waals surface area contributed by atoms with Gasteiger partial charge in [0.15, 0.2) is 11.5 Å². The van der Waals surface area contributed by atoms with Gasteiger partial charge in [-0.25, -0.2) is 0 Å². The van der Waals surface area contributed by atoms with Crippen LogP contribution in [0.5, 0.6) is 17.2 Å². The molecule has 2 rings (SSSR count). The molecule has 0 bridgehead atoms. The van der Waals surface area contributed by atoms with Crippen molar-refractivity contribution in [3.63, 3.8) is 0 Å². The van der Waals surface area contributed by atoms with Crippen LogP contribution in [0.25, 0.3) is 0 Å². The first kappa shape index (κ1) is 16.2. The Labute approximate surface area is 133 Å². The summed E-state index contributed by atoms with van der Waals surface area (Å²) in [5, 5.41) is 4.94. The fraction of sp³-hybridized carbons (Fsp3) is 0.312. The van der Waals surface area contributed by atoms with Crippen LogP contribution in [0.3, 0.4) is 0 Å². The van der Waals surface area contributed by atoms with Crippen molar-refractivity contribution >= 4 is 17.2 Å². The van der Waals surface area contributed by atoms with Gasteiger partial charge in [-0.05, 0) is 30.5 Å². The highest BCUT2D eigenvalue weighted by Gasteiger charge is 2.18. The topological polar surface area (TPSA) is 56.8 Å². The number of ether oxygens (including phenoxy) is 3. The molecule has 118 valence electrons. The number of carbonyl (C=O) groups is 1. The summed E-state index contributed by atoms with van der Waals surface area (Å²) in [6, 6.07) is 7.16. The number of hydrogen-bond donors (Lipinski definition) is 1. The SMILES string of the molecule is COc1cc(C(=O)N[C@H](C)c2cccs2)cc(OC)c1OC. The quantitative estimate of drug-likeness (QED) is 0.887. The Hall–Kier alpha value is -2.21. The molecule has 0 fully saturated rings. The second kappa shape index (κ2) is 7.17. The van der Waals surface area contributed by atoms with Crippen molar-refractivity contribution in [3.8, 4) is 17.2 Å². The molecule has 22 heavy (non-hydrogen) atoms. The molecule has 2 aromatic rings. The molecular weight excluding hydrogens is 302 g/mol. The first-order chi connectivity index (χ1) is 10.6. The molecule has 0 radical (unpaired) electrons. The molecule has 0 spiro atoms. The van der Waals surface area contributed by atoms with Crippen molar-refractivity contribution in [3.05, 3.63) is 40.1 Å². The second-order valence-electron chi connectivity index (χ2n) is 4.62. The number of thiophene rings is 1. The minimum atomic E-state index is -0.194. The summed E-state index contributed by atoms with van der Waals surface area (Å²) in [6.45, 7) is 1.95. The van der Waals surface area contributed by atoms with Gasteiger partial charge < -0.3 is 19.5 Å². The highest BCUT2D eigenvalue weighted by atomic mass is 32.1. The Morgan fingerprint density at radius 1 is 1.14 bits per heavy atom. The predicted octanol–water partition coefficient (Wildman–Crippen LogP) is 3.26. The number of hydrogen-bond acceptors (Lipinski definition) is 5. The Balaban J connectivity index is 2.26. The van der Waals surface area contributed by atoms with Crippen LogP contribution >= 0.6 is 11.3 Å². The van der Waals surface area contributed by atoms with Crippen LogP contribution in [0.4, 0.5) is 0 Å². The molecule has 1 aromatic carbocycles. The Bertz CT molecular complexity index is 615. The van der Waals surface area contributed by atoms with Crippen molar-refractivity contribution < 1.29 is 19.0 Å². The fourth-order valence-electron chi connectivity index (χ4n) is 2.10. The molecule has 0 saturated carbocycles. The molecule has 6 heteroatoms. The van der Waals surface area contributed by atoms with E-state index >= 15 is 0 Å². The number of amides is 1. The Kier molecular flexibility index (Phi) is 5.27. The van der Waals surface area contributed by atoms with E-state index in [0.29, 0.717) is 22.8 Å². The molecule has 0 unspecified atom stereocenters. The molecule has 5 nitrogen and oxygen atoms in total. The Morgan fingerprint density at radius 2 is 1.77 bits per heavy atom. The van der Waals surface area contributed by atoms with Crippen LogP contribution in [0.2, 0.25) is 0 Å².